The molecule has 140 valence electrons. The number of aromatic hydroxyl groups is 2. The van der Waals surface area contributed by atoms with Crippen LogP contribution in [-0.4, -0.2) is 10.2 Å². The lowest BCUT2D eigenvalue weighted by Gasteiger charge is -2.30. The molecule has 4 aromatic rings. The number of anilines is 2. The van der Waals surface area contributed by atoms with Crippen LogP contribution in [-0.2, 0) is 5.41 Å². The Morgan fingerprint density at radius 2 is 0.931 bits per heavy atom. The molecule has 0 saturated heterocycles. The van der Waals surface area contributed by atoms with Crippen molar-refractivity contribution in [2.45, 2.75) is 5.41 Å². The monoisotopic (exact) mass is 378 g/mol. The average Bonchev–Trinajstić information content (AvgIpc) is 3.16. The summed E-state index contributed by atoms with van der Waals surface area (Å²) in [5.74, 6) is 0.152. The van der Waals surface area contributed by atoms with Gasteiger partial charge in [0.2, 0.25) is 0 Å². The summed E-state index contributed by atoms with van der Waals surface area (Å²) < 4.78 is 0. The first-order valence-electron chi connectivity index (χ1n) is 9.49. The third-order valence-electron chi connectivity index (χ3n) is 6.38. The molecule has 0 amide bonds. The molecule has 29 heavy (non-hydrogen) atoms. The largest absolute Gasteiger partial charge is 0.506 e. The van der Waals surface area contributed by atoms with Crippen LogP contribution in [0.15, 0.2) is 72.8 Å². The van der Waals surface area contributed by atoms with Crippen molar-refractivity contribution in [3.05, 3.63) is 95.1 Å². The normalized spacial score (nSPS) is 14.3. The lowest BCUT2D eigenvalue weighted by atomic mass is 9.70. The lowest BCUT2D eigenvalue weighted by Crippen LogP contribution is -2.26. The number of benzene rings is 4. The van der Waals surface area contributed by atoms with Crippen LogP contribution in [0.25, 0.3) is 22.3 Å². The maximum atomic E-state index is 10.3. The predicted molar refractivity (Wildman–Crippen MR) is 115 cm³/mol. The van der Waals surface area contributed by atoms with Gasteiger partial charge in [-0.15, -0.1) is 0 Å². The van der Waals surface area contributed by atoms with Crippen LogP contribution in [0.3, 0.4) is 0 Å². The van der Waals surface area contributed by atoms with Crippen LogP contribution in [0, 0.1) is 0 Å². The fourth-order valence-corrected chi connectivity index (χ4v) is 5.24. The zero-order valence-corrected chi connectivity index (χ0v) is 15.5. The van der Waals surface area contributed by atoms with Gasteiger partial charge in [0.25, 0.3) is 0 Å². The minimum Gasteiger partial charge on any atom is -0.506 e. The van der Waals surface area contributed by atoms with Gasteiger partial charge in [0.15, 0.2) is 0 Å². The molecule has 0 radical (unpaired) electrons. The van der Waals surface area contributed by atoms with Crippen molar-refractivity contribution in [2.24, 2.45) is 0 Å². The second-order valence-electron chi connectivity index (χ2n) is 7.75. The SMILES string of the molecule is Nc1cc2c(cc1O)-c1ccccc1C21c2ccccc2-c2cc(O)c(N)cc21. The Morgan fingerprint density at radius 1 is 0.517 bits per heavy atom. The van der Waals surface area contributed by atoms with E-state index < -0.39 is 5.41 Å². The fourth-order valence-electron chi connectivity index (χ4n) is 5.24. The summed E-state index contributed by atoms with van der Waals surface area (Å²) in [4.78, 5) is 0. The van der Waals surface area contributed by atoms with E-state index in [2.05, 4.69) is 24.3 Å². The van der Waals surface area contributed by atoms with E-state index >= 15 is 0 Å². The molecular weight excluding hydrogens is 360 g/mol. The van der Waals surface area contributed by atoms with Crippen molar-refractivity contribution in [1.82, 2.24) is 0 Å². The number of phenolic OH excluding ortho intramolecular Hbond substituents is 2. The van der Waals surface area contributed by atoms with Crippen molar-refractivity contribution in [2.75, 3.05) is 11.5 Å². The van der Waals surface area contributed by atoms with Crippen LogP contribution < -0.4 is 11.5 Å². The molecular formula is C25H18N2O2. The zero-order chi connectivity index (χ0) is 19.9. The molecule has 4 aromatic carbocycles. The molecule has 2 aliphatic rings. The maximum Gasteiger partial charge on any atom is 0.139 e. The van der Waals surface area contributed by atoms with E-state index in [1.807, 2.05) is 36.4 Å². The lowest BCUT2D eigenvalue weighted by molar-refractivity contribution is 0.478. The Kier molecular flexibility index (Phi) is 2.83. The van der Waals surface area contributed by atoms with E-state index in [4.69, 9.17) is 11.5 Å². The smallest absolute Gasteiger partial charge is 0.139 e. The summed E-state index contributed by atoms with van der Waals surface area (Å²) in [7, 11) is 0. The number of fused-ring (bicyclic) bond motifs is 10. The first kappa shape index (κ1) is 16.1. The summed E-state index contributed by atoms with van der Waals surface area (Å²) in [5, 5.41) is 20.7. The second kappa shape index (κ2) is 5.11. The Bertz CT molecular complexity index is 1250. The van der Waals surface area contributed by atoms with E-state index in [1.54, 1.807) is 12.1 Å². The molecule has 0 aromatic heterocycles. The highest BCUT2D eigenvalue weighted by atomic mass is 16.3. The molecule has 6 N–H and O–H groups in total. The highest BCUT2D eigenvalue weighted by molar-refractivity contribution is 5.97. The number of hydrogen-bond acceptors (Lipinski definition) is 4. The van der Waals surface area contributed by atoms with Gasteiger partial charge in [-0.25, -0.2) is 0 Å². The Morgan fingerprint density at radius 3 is 1.38 bits per heavy atom. The van der Waals surface area contributed by atoms with Gasteiger partial charge < -0.3 is 21.7 Å². The van der Waals surface area contributed by atoms with Crippen molar-refractivity contribution in [3.63, 3.8) is 0 Å². The second-order valence-corrected chi connectivity index (χ2v) is 7.75. The summed E-state index contributed by atoms with van der Waals surface area (Å²) in [5.41, 5.74) is 20.7. The van der Waals surface area contributed by atoms with Crippen LogP contribution >= 0.6 is 0 Å². The van der Waals surface area contributed by atoms with Gasteiger partial charge in [-0.1, -0.05) is 48.5 Å². The summed E-state index contributed by atoms with van der Waals surface area (Å²) >= 11 is 0. The highest BCUT2D eigenvalue weighted by Gasteiger charge is 2.52. The maximum absolute atomic E-state index is 10.3. The van der Waals surface area contributed by atoms with Crippen molar-refractivity contribution in [3.8, 4) is 33.8 Å². The molecule has 0 bridgehead atoms. The van der Waals surface area contributed by atoms with Crippen LogP contribution in [0.4, 0.5) is 11.4 Å². The van der Waals surface area contributed by atoms with Crippen LogP contribution in [0.5, 0.6) is 11.5 Å². The quantitative estimate of drug-likeness (QED) is 0.229. The molecule has 0 saturated carbocycles. The standard InChI is InChI=1S/C25H18N2O2/c26-21-11-19-15(9-23(21)28)13-5-1-3-7-17(13)25(19)18-8-4-2-6-14(18)16-10-24(29)22(27)12-20(16)25/h1-12,28-29H,26-27H2. The van der Waals surface area contributed by atoms with E-state index in [9.17, 15) is 10.2 Å². The molecule has 0 atom stereocenters. The molecule has 4 heteroatoms. The van der Waals surface area contributed by atoms with Gasteiger partial charge in [0.1, 0.15) is 11.5 Å². The molecule has 0 aliphatic heterocycles. The molecule has 2 aliphatic carbocycles. The fraction of sp³-hybridized carbons (Fsp3) is 0.0400. The summed E-state index contributed by atoms with van der Waals surface area (Å²) in [6.07, 6.45) is 0. The molecule has 0 heterocycles. The number of phenols is 2. The van der Waals surface area contributed by atoms with Gasteiger partial charge in [-0.05, 0) is 68.8 Å². The van der Waals surface area contributed by atoms with Gasteiger partial charge in [0, 0.05) is 0 Å². The molecule has 0 unspecified atom stereocenters. The molecule has 0 fully saturated rings. The number of rotatable bonds is 0. The third kappa shape index (κ3) is 1.74. The average molecular weight is 378 g/mol. The highest BCUT2D eigenvalue weighted by Crippen LogP contribution is 2.64. The van der Waals surface area contributed by atoms with Crippen molar-refractivity contribution < 1.29 is 10.2 Å². The Balaban J connectivity index is 1.87. The number of nitrogens with two attached hydrogens (primary N) is 2. The van der Waals surface area contributed by atoms with Gasteiger partial charge >= 0.3 is 0 Å². The minimum atomic E-state index is -0.596. The molecule has 4 nitrogen and oxygen atoms in total. The van der Waals surface area contributed by atoms with Gasteiger partial charge in [-0.2, -0.15) is 0 Å². The van der Waals surface area contributed by atoms with E-state index in [1.165, 1.54) is 0 Å². The third-order valence-corrected chi connectivity index (χ3v) is 6.38. The van der Waals surface area contributed by atoms with E-state index in [0.29, 0.717) is 11.4 Å². The first-order valence-corrected chi connectivity index (χ1v) is 9.49. The Labute approximate surface area is 167 Å². The topological polar surface area (TPSA) is 92.5 Å². The molecule has 6 rings (SSSR count). The van der Waals surface area contributed by atoms with Crippen LogP contribution in [0.2, 0.25) is 0 Å². The van der Waals surface area contributed by atoms with E-state index in [0.717, 1.165) is 44.5 Å². The predicted octanol–water partition coefficient (Wildman–Crippen LogP) is 4.61. The number of hydrogen-bond donors (Lipinski definition) is 4. The van der Waals surface area contributed by atoms with Crippen molar-refractivity contribution >= 4 is 11.4 Å². The van der Waals surface area contributed by atoms with Crippen LogP contribution in [0.1, 0.15) is 22.3 Å². The summed E-state index contributed by atoms with van der Waals surface area (Å²) in [6.45, 7) is 0. The minimum absolute atomic E-state index is 0.0762. The van der Waals surface area contributed by atoms with E-state index in [-0.39, 0.29) is 11.5 Å². The van der Waals surface area contributed by atoms with Gasteiger partial charge in [0.05, 0.1) is 16.8 Å². The first-order chi connectivity index (χ1) is 14.0. The Hall–Kier alpha value is -3.92. The van der Waals surface area contributed by atoms with Crippen molar-refractivity contribution in [1.29, 1.82) is 0 Å². The van der Waals surface area contributed by atoms with Gasteiger partial charge in [-0.3, -0.25) is 0 Å². The zero-order valence-electron chi connectivity index (χ0n) is 15.5. The number of nitrogen functional groups attached to an aromatic ring is 2. The summed E-state index contributed by atoms with van der Waals surface area (Å²) in [6, 6.07) is 23.7. The molecule has 1 spiro atoms.